The van der Waals surface area contributed by atoms with Crippen molar-refractivity contribution in [3.05, 3.63) is 0 Å². The maximum Gasteiger partial charge on any atom is 0.0700 e. The average Bonchev–Trinajstić information content (AvgIpc) is 2.86. The van der Waals surface area contributed by atoms with Gasteiger partial charge in [-0.2, -0.15) is 0 Å². The van der Waals surface area contributed by atoms with E-state index < -0.39 is 0 Å². The number of likely N-dealkylation sites (tertiary alicyclic amines) is 1. The van der Waals surface area contributed by atoms with E-state index in [0.717, 1.165) is 12.5 Å². The Bertz CT molecular complexity index is 210. The first-order valence-corrected chi connectivity index (χ1v) is 6.87. The summed E-state index contributed by atoms with van der Waals surface area (Å²) in [5, 5.41) is 3.68. The van der Waals surface area contributed by atoms with E-state index in [1.807, 2.05) is 0 Å². The van der Waals surface area contributed by atoms with Crippen LogP contribution in [0.3, 0.4) is 0 Å². The van der Waals surface area contributed by atoms with Crippen molar-refractivity contribution in [3.8, 4) is 0 Å². The van der Waals surface area contributed by atoms with Crippen LogP contribution < -0.4 is 5.32 Å². The lowest BCUT2D eigenvalue weighted by atomic mass is 10.1. The van der Waals surface area contributed by atoms with Crippen LogP contribution in [0.15, 0.2) is 0 Å². The third-order valence-electron chi connectivity index (χ3n) is 3.95. The van der Waals surface area contributed by atoms with Gasteiger partial charge in [0.05, 0.1) is 6.10 Å². The average molecular weight is 226 g/mol. The van der Waals surface area contributed by atoms with E-state index >= 15 is 0 Å². The second kappa shape index (κ2) is 5.99. The number of rotatable bonds is 5. The van der Waals surface area contributed by atoms with E-state index in [4.69, 9.17) is 4.74 Å². The van der Waals surface area contributed by atoms with Gasteiger partial charge in [0.25, 0.3) is 0 Å². The van der Waals surface area contributed by atoms with Crippen LogP contribution in [-0.2, 0) is 4.74 Å². The standard InChI is InChI=1S/C13H26N2O/c1-3-6-15-7-4-12(10-15)9-14-13-5-8-16-11(13)2/h11-14H,3-10H2,1-2H3. The van der Waals surface area contributed by atoms with Gasteiger partial charge in [-0.25, -0.2) is 0 Å². The second-order valence-corrected chi connectivity index (χ2v) is 5.33. The Balaban J connectivity index is 1.63. The molecule has 16 heavy (non-hydrogen) atoms. The molecule has 0 bridgehead atoms. The quantitative estimate of drug-likeness (QED) is 0.768. The van der Waals surface area contributed by atoms with Crippen molar-refractivity contribution in [1.29, 1.82) is 0 Å². The summed E-state index contributed by atoms with van der Waals surface area (Å²) < 4.78 is 5.57. The summed E-state index contributed by atoms with van der Waals surface area (Å²) in [5.74, 6) is 0.861. The van der Waals surface area contributed by atoms with Crippen molar-refractivity contribution in [2.75, 3.05) is 32.8 Å². The van der Waals surface area contributed by atoms with E-state index in [9.17, 15) is 0 Å². The second-order valence-electron chi connectivity index (χ2n) is 5.33. The van der Waals surface area contributed by atoms with Crippen molar-refractivity contribution in [3.63, 3.8) is 0 Å². The number of nitrogens with zero attached hydrogens (tertiary/aromatic N) is 1. The van der Waals surface area contributed by atoms with E-state index in [-0.39, 0.29) is 0 Å². The minimum atomic E-state index is 0.410. The van der Waals surface area contributed by atoms with Crippen molar-refractivity contribution in [2.24, 2.45) is 5.92 Å². The van der Waals surface area contributed by atoms with Gasteiger partial charge in [0.1, 0.15) is 0 Å². The van der Waals surface area contributed by atoms with Crippen molar-refractivity contribution >= 4 is 0 Å². The molecule has 2 rings (SSSR count). The molecule has 0 aromatic heterocycles. The largest absolute Gasteiger partial charge is 0.377 e. The van der Waals surface area contributed by atoms with E-state index in [0.29, 0.717) is 12.1 Å². The zero-order valence-electron chi connectivity index (χ0n) is 10.7. The number of ether oxygens (including phenoxy) is 1. The predicted octanol–water partition coefficient (Wildman–Crippen LogP) is 1.49. The van der Waals surface area contributed by atoms with Crippen LogP contribution in [0.4, 0.5) is 0 Å². The summed E-state index contributed by atoms with van der Waals surface area (Å²) in [4.78, 5) is 2.60. The molecule has 2 saturated heterocycles. The highest BCUT2D eigenvalue weighted by atomic mass is 16.5. The molecule has 0 radical (unpaired) electrons. The van der Waals surface area contributed by atoms with Gasteiger partial charge < -0.3 is 15.0 Å². The first kappa shape index (κ1) is 12.3. The fraction of sp³-hybridized carbons (Fsp3) is 1.00. The molecule has 2 heterocycles. The number of nitrogens with one attached hydrogen (secondary N) is 1. The topological polar surface area (TPSA) is 24.5 Å². The Morgan fingerprint density at radius 2 is 2.25 bits per heavy atom. The Hall–Kier alpha value is -0.120. The SMILES string of the molecule is CCCN1CCC(CNC2CCOC2C)C1. The van der Waals surface area contributed by atoms with Crippen molar-refractivity contribution < 1.29 is 4.74 Å². The molecule has 1 N–H and O–H groups in total. The lowest BCUT2D eigenvalue weighted by Crippen LogP contribution is -2.38. The van der Waals surface area contributed by atoms with Crippen LogP contribution >= 0.6 is 0 Å². The molecular weight excluding hydrogens is 200 g/mol. The smallest absolute Gasteiger partial charge is 0.0700 e. The zero-order valence-corrected chi connectivity index (χ0v) is 10.7. The molecule has 94 valence electrons. The van der Waals surface area contributed by atoms with Gasteiger partial charge in [-0.1, -0.05) is 6.92 Å². The zero-order chi connectivity index (χ0) is 11.4. The van der Waals surface area contributed by atoms with E-state index in [1.54, 1.807) is 0 Å². The third kappa shape index (κ3) is 3.19. The highest BCUT2D eigenvalue weighted by molar-refractivity contribution is 4.83. The van der Waals surface area contributed by atoms with E-state index in [2.05, 4.69) is 24.1 Å². The van der Waals surface area contributed by atoms with Gasteiger partial charge in [0.2, 0.25) is 0 Å². The molecule has 0 aromatic rings. The maximum absolute atomic E-state index is 5.57. The normalized spacial score (nSPS) is 36.0. The molecule has 0 aromatic carbocycles. The van der Waals surface area contributed by atoms with Gasteiger partial charge >= 0.3 is 0 Å². The Morgan fingerprint density at radius 1 is 1.38 bits per heavy atom. The fourth-order valence-electron chi connectivity index (χ4n) is 2.92. The molecule has 0 amide bonds. The molecule has 3 atom stereocenters. The molecule has 0 saturated carbocycles. The van der Waals surface area contributed by atoms with Gasteiger partial charge in [-0.3, -0.25) is 0 Å². The van der Waals surface area contributed by atoms with Gasteiger partial charge in [-0.15, -0.1) is 0 Å². The van der Waals surface area contributed by atoms with Gasteiger partial charge in [0, 0.05) is 19.2 Å². The van der Waals surface area contributed by atoms with Crippen molar-refractivity contribution in [2.45, 2.75) is 45.3 Å². The highest BCUT2D eigenvalue weighted by Crippen LogP contribution is 2.17. The summed E-state index contributed by atoms with van der Waals surface area (Å²) in [6, 6.07) is 0.597. The molecule has 3 unspecified atom stereocenters. The molecule has 3 nitrogen and oxygen atoms in total. The van der Waals surface area contributed by atoms with Gasteiger partial charge in [-0.05, 0) is 51.7 Å². The Kier molecular flexibility index (Phi) is 4.62. The van der Waals surface area contributed by atoms with E-state index in [1.165, 1.54) is 45.4 Å². The molecule has 0 aliphatic carbocycles. The van der Waals surface area contributed by atoms with Crippen LogP contribution in [0.5, 0.6) is 0 Å². The minimum Gasteiger partial charge on any atom is -0.377 e. The van der Waals surface area contributed by atoms with Crippen LogP contribution in [-0.4, -0.2) is 49.8 Å². The molecular formula is C13H26N2O. The minimum absolute atomic E-state index is 0.410. The summed E-state index contributed by atoms with van der Waals surface area (Å²) in [5.41, 5.74) is 0. The van der Waals surface area contributed by atoms with Gasteiger partial charge in [0.15, 0.2) is 0 Å². The van der Waals surface area contributed by atoms with Crippen LogP contribution in [0, 0.1) is 5.92 Å². The Labute approximate surface area is 99.5 Å². The molecule has 3 heteroatoms. The first-order valence-electron chi connectivity index (χ1n) is 6.87. The van der Waals surface area contributed by atoms with Crippen LogP contribution in [0.1, 0.15) is 33.1 Å². The monoisotopic (exact) mass is 226 g/mol. The molecule has 2 aliphatic heterocycles. The first-order chi connectivity index (χ1) is 7.79. The molecule has 0 spiro atoms. The number of hydrogen-bond acceptors (Lipinski definition) is 3. The lowest BCUT2D eigenvalue weighted by Gasteiger charge is -2.19. The molecule has 2 fully saturated rings. The summed E-state index contributed by atoms with van der Waals surface area (Å²) >= 11 is 0. The molecule has 2 aliphatic rings. The van der Waals surface area contributed by atoms with Crippen LogP contribution in [0.2, 0.25) is 0 Å². The summed E-state index contributed by atoms with van der Waals surface area (Å²) in [6.07, 6.45) is 4.25. The predicted molar refractivity (Wildman–Crippen MR) is 66.7 cm³/mol. The van der Waals surface area contributed by atoms with Crippen molar-refractivity contribution in [1.82, 2.24) is 10.2 Å². The fourth-order valence-corrected chi connectivity index (χ4v) is 2.92. The van der Waals surface area contributed by atoms with Crippen LogP contribution in [0.25, 0.3) is 0 Å². The maximum atomic E-state index is 5.57. The summed E-state index contributed by atoms with van der Waals surface area (Å²) in [7, 11) is 0. The Morgan fingerprint density at radius 3 is 2.94 bits per heavy atom. The third-order valence-corrected chi connectivity index (χ3v) is 3.95. The number of hydrogen-bond donors (Lipinski definition) is 1. The lowest BCUT2D eigenvalue weighted by molar-refractivity contribution is 0.112. The summed E-state index contributed by atoms with van der Waals surface area (Å²) in [6.45, 7) is 10.4. The highest BCUT2D eigenvalue weighted by Gasteiger charge is 2.26.